The van der Waals surface area contributed by atoms with Crippen molar-refractivity contribution in [3.63, 3.8) is 0 Å². The van der Waals surface area contributed by atoms with Gasteiger partial charge >= 0.3 is 11.9 Å². The lowest BCUT2D eigenvalue weighted by molar-refractivity contribution is -0.141. The van der Waals surface area contributed by atoms with Crippen molar-refractivity contribution in [2.45, 2.75) is 42.2 Å². The van der Waals surface area contributed by atoms with Crippen LogP contribution in [0.1, 0.15) is 42.5 Å². The highest BCUT2D eigenvalue weighted by atomic mass is 32.2. The summed E-state index contributed by atoms with van der Waals surface area (Å²) < 4.78 is 18.5. The average molecular weight is 326 g/mol. The Balaban J connectivity index is 1.92. The highest BCUT2D eigenvalue weighted by Gasteiger charge is 2.25. The van der Waals surface area contributed by atoms with Crippen LogP contribution in [0.3, 0.4) is 0 Å². The summed E-state index contributed by atoms with van der Waals surface area (Å²) >= 11 is 1.39. The molecule has 1 fully saturated rings. The van der Waals surface area contributed by atoms with Crippen molar-refractivity contribution >= 4 is 23.7 Å². The lowest BCUT2D eigenvalue weighted by atomic mass is 9.87. The lowest BCUT2D eigenvalue weighted by Crippen LogP contribution is -2.19. The fourth-order valence-corrected chi connectivity index (χ4v) is 3.92. The lowest BCUT2D eigenvalue weighted by Gasteiger charge is -2.27. The van der Waals surface area contributed by atoms with Gasteiger partial charge in [0.1, 0.15) is 5.82 Å². The molecule has 0 spiro atoms. The second-order valence-electron chi connectivity index (χ2n) is 5.49. The number of thioether (sulfide) groups is 1. The fraction of sp³-hybridized carbons (Fsp3) is 0.500. The van der Waals surface area contributed by atoms with Crippen molar-refractivity contribution in [3.8, 4) is 0 Å². The number of halogens is 1. The normalized spacial score (nSPS) is 21.4. The van der Waals surface area contributed by atoms with Crippen molar-refractivity contribution in [1.82, 2.24) is 0 Å². The number of hydrogen-bond acceptors (Lipinski definition) is 4. The molecule has 6 heteroatoms. The molecule has 1 aromatic rings. The standard InChI is InChI=1S/C16H19FO4S/c1-21-15(18)8-10-2-5-12(6-3-10)22-14-9-11(16(19)20)4-7-13(14)17/h4,7,9-10,12H,2-3,5-6,8H2,1H3,(H,19,20). The van der Waals surface area contributed by atoms with Gasteiger partial charge in [-0.1, -0.05) is 0 Å². The molecule has 0 aromatic heterocycles. The summed E-state index contributed by atoms with van der Waals surface area (Å²) in [6, 6.07) is 3.87. The molecule has 1 aromatic carbocycles. The van der Waals surface area contributed by atoms with Crippen molar-refractivity contribution in [3.05, 3.63) is 29.6 Å². The molecule has 0 unspecified atom stereocenters. The van der Waals surface area contributed by atoms with Gasteiger partial charge in [0, 0.05) is 16.6 Å². The number of methoxy groups -OCH3 is 1. The molecular formula is C16H19FO4S. The van der Waals surface area contributed by atoms with Crippen LogP contribution in [0, 0.1) is 11.7 Å². The smallest absolute Gasteiger partial charge is 0.335 e. The van der Waals surface area contributed by atoms with E-state index in [1.807, 2.05) is 0 Å². The molecule has 0 atom stereocenters. The maximum atomic E-state index is 13.8. The van der Waals surface area contributed by atoms with Crippen LogP contribution in [-0.2, 0) is 9.53 Å². The predicted octanol–water partition coefficient (Wildman–Crippen LogP) is 3.74. The Kier molecular flexibility index (Phi) is 5.83. The van der Waals surface area contributed by atoms with E-state index in [9.17, 15) is 14.0 Å². The van der Waals surface area contributed by atoms with Gasteiger partial charge in [0.05, 0.1) is 12.7 Å². The van der Waals surface area contributed by atoms with Gasteiger partial charge < -0.3 is 9.84 Å². The molecule has 22 heavy (non-hydrogen) atoms. The number of carbonyl (C=O) groups is 2. The van der Waals surface area contributed by atoms with Crippen molar-refractivity contribution in [2.75, 3.05) is 7.11 Å². The zero-order valence-corrected chi connectivity index (χ0v) is 13.2. The third-order valence-electron chi connectivity index (χ3n) is 3.95. The van der Waals surface area contributed by atoms with E-state index in [-0.39, 0.29) is 22.6 Å². The quantitative estimate of drug-likeness (QED) is 0.835. The van der Waals surface area contributed by atoms with Gasteiger partial charge in [-0.2, -0.15) is 0 Å². The number of ether oxygens (including phenoxy) is 1. The Labute approximate surface area is 133 Å². The summed E-state index contributed by atoms with van der Waals surface area (Å²) in [5, 5.41) is 9.23. The van der Waals surface area contributed by atoms with E-state index in [1.54, 1.807) is 0 Å². The predicted molar refractivity (Wildman–Crippen MR) is 81.6 cm³/mol. The van der Waals surface area contributed by atoms with Crippen molar-refractivity contribution in [2.24, 2.45) is 5.92 Å². The molecule has 1 N–H and O–H groups in total. The molecule has 0 aliphatic heterocycles. The summed E-state index contributed by atoms with van der Waals surface area (Å²) in [7, 11) is 1.39. The zero-order valence-electron chi connectivity index (χ0n) is 12.4. The highest BCUT2D eigenvalue weighted by molar-refractivity contribution is 8.00. The Bertz CT molecular complexity index is 553. The topological polar surface area (TPSA) is 63.6 Å². The largest absolute Gasteiger partial charge is 0.478 e. The van der Waals surface area contributed by atoms with E-state index < -0.39 is 5.97 Å². The third kappa shape index (κ3) is 4.47. The Hall–Kier alpha value is -1.56. The van der Waals surface area contributed by atoms with Gasteiger partial charge in [0.2, 0.25) is 0 Å². The van der Waals surface area contributed by atoms with E-state index in [4.69, 9.17) is 5.11 Å². The van der Waals surface area contributed by atoms with E-state index >= 15 is 0 Å². The van der Waals surface area contributed by atoms with E-state index in [0.717, 1.165) is 25.7 Å². The van der Waals surface area contributed by atoms with E-state index in [0.29, 0.717) is 17.2 Å². The van der Waals surface area contributed by atoms with Gasteiger partial charge in [-0.25, -0.2) is 9.18 Å². The molecule has 1 aliphatic carbocycles. The molecule has 2 rings (SSSR count). The second-order valence-corrected chi connectivity index (χ2v) is 6.83. The number of carbonyl (C=O) groups excluding carboxylic acids is 1. The number of benzene rings is 1. The maximum Gasteiger partial charge on any atom is 0.335 e. The maximum absolute atomic E-state index is 13.8. The van der Waals surface area contributed by atoms with Crippen LogP contribution in [0.25, 0.3) is 0 Å². The monoisotopic (exact) mass is 326 g/mol. The molecule has 0 bridgehead atoms. The van der Waals surface area contributed by atoms with Crippen LogP contribution >= 0.6 is 11.8 Å². The highest BCUT2D eigenvalue weighted by Crippen LogP contribution is 2.38. The summed E-state index contributed by atoms with van der Waals surface area (Å²) in [6.45, 7) is 0. The number of carboxylic acids is 1. The SMILES string of the molecule is COC(=O)CC1CCC(Sc2cc(C(=O)O)ccc2F)CC1. The fourth-order valence-electron chi connectivity index (χ4n) is 2.68. The summed E-state index contributed by atoms with van der Waals surface area (Å²) in [5.74, 6) is -1.29. The minimum atomic E-state index is -1.05. The van der Waals surface area contributed by atoms with Gasteiger partial charge in [-0.3, -0.25) is 4.79 Å². The first-order chi connectivity index (χ1) is 10.5. The van der Waals surface area contributed by atoms with Crippen molar-refractivity contribution in [1.29, 1.82) is 0 Å². The van der Waals surface area contributed by atoms with Gasteiger partial charge in [-0.05, 0) is 49.8 Å². The van der Waals surface area contributed by atoms with Gasteiger partial charge in [0.25, 0.3) is 0 Å². The molecule has 4 nitrogen and oxygen atoms in total. The van der Waals surface area contributed by atoms with Crippen molar-refractivity contribution < 1.29 is 23.8 Å². The number of aromatic carboxylic acids is 1. The van der Waals surface area contributed by atoms with Gasteiger partial charge in [0.15, 0.2) is 0 Å². The first-order valence-electron chi connectivity index (χ1n) is 7.26. The molecule has 1 aliphatic rings. The number of carboxylic acid groups (broad SMARTS) is 1. The molecule has 0 saturated heterocycles. The first-order valence-corrected chi connectivity index (χ1v) is 8.14. The number of esters is 1. The number of hydrogen-bond donors (Lipinski definition) is 1. The Morgan fingerprint density at radius 2 is 2.00 bits per heavy atom. The van der Waals surface area contributed by atoms with Crippen LogP contribution < -0.4 is 0 Å². The summed E-state index contributed by atoms with van der Waals surface area (Å²) in [6.07, 6.45) is 4.04. The molecule has 1 saturated carbocycles. The van der Waals surface area contributed by atoms with Crippen LogP contribution in [0.2, 0.25) is 0 Å². The Morgan fingerprint density at radius 1 is 1.32 bits per heavy atom. The summed E-state index contributed by atoms with van der Waals surface area (Å²) in [5.41, 5.74) is 0.100. The molecule has 0 radical (unpaired) electrons. The minimum Gasteiger partial charge on any atom is -0.478 e. The first kappa shape index (κ1) is 16.8. The second kappa shape index (κ2) is 7.63. The summed E-state index contributed by atoms with van der Waals surface area (Å²) in [4.78, 5) is 22.6. The van der Waals surface area contributed by atoms with Gasteiger partial charge in [-0.15, -0.1) is 11.8 Å². The molecular weight excluding hydrogens is 307 g/mol. The molecule has 120 valence electrons. The van der Waals surface area contributed by atoms with Crippen LogP contribution in [0.5, 0.6) is 0 Å². The minimum absolute atomic E-state index is 0.100. The van der Waals surface area contributed by atoms with Crippen LogP contribution in [-0.4, -0.2) is 29.4 Å². The number of rotatable bonds is 5. The average Bonchev–Trinajstić information content (AvgIpc) is 2.51. The molecule has 0 amide bonds. The third-order valence-corrected chi connectivity index (χ3v) is 5.32. The van der Waals surface area contributed by atoms with Crippen LogP contribution in [0.4, 0.5) is 4.39 Å². The Morgan fingerprint density at radius 3 is 2.59 bits per heavy atom. The zero-order chi connectivity index (χ0) is 16.1. The van der Waals surface area contributed by atoms with E-state index in [2.05, 4.69) is 4.74 Å². The molecule has 0 heterocycles. The van der Waals surface area contributed by atoms with Crippen LogP contribution in [0.15, 0.2) is 23.1 Å². The van der Waals surface area contributed by atoms with E-state index in [1.165, 1.54) is 37.1 Å².